The van der Waals surface area contributed by atoms with Gasteiger partial charge < -0.3 is 10.6 Å². The molecule has 0 aliphatic carbocycles. The molecule has 0 radical (unpaired) electrons. The number of nitrogens with one attached hydrogen (secondary N) is 2. The molecule has 0 unspecified atom stereocenters. The van der Waals surface area contributed by atoms with Crippen molar-refractivity contribution in [1.82, 2.24) is 10.6 Å². The summed E-state index contributed by atoms with van der Waals surface area (Å²) >= 11 is 5.20. The van der Waals surface area contributed by atoms with E-state index in [1.165, 1.54) is 25.7 Å². The summed E-state index contributed by atoms with van der Waals surface area (Å²) in [7, 11) is 0. The van der Waals surface area contributed by atoms with Crippen molar-refractivity contribution in [2.24, 2.45) is 5.41 Å². The average molecular weight is 244 g/mol. The lowest BCUT2D eigenvalue weighted by Gasteiger charge is -2.25. The lowest BCUT2D eigenvalue weighted by Crippen LogP contribution is -2.40. The van der Waals surface area contributed by atoms with Crippen molar-refractivity contribution in [3.8, 4) is 0 Å². The van der Waals surface area contributed by atoms with Gasteiger partial charge in [0.15, 0.2) is 5.11 Å². The first-order chi connectivity index (χ1) is 7.52. The highest BCUT2D eigenvalue weighted by Gasteiger charge is 2.17. The predicted octanol–water partition coefficient (Wildman–Crippen LogP) is 3.47. The third kappa shape index (κ3) is 8.96. The molecule has 0 amide bonds. The first-order valence-corrected chi connectivity index (χ1v) is 6.94. The summed E-state index contributed by atoms with van der Waals surface area (Å²) in [4.78, 5) is 0. The molecule has 0 saturated carbocycles. The minimum atomic E-state index is 0.340. The first kappa shape index (κ1) is 15.7. The van der Waals surface area contributed by atoms with Gasteiger partial charge in [0.25, 0.3) is 0 Å². The van der Waals surface area contributed by atoms with Gasteiger partial charge in [-0.1, -0.05) is 47.0 Å². The van der Waals surface area contributed by atoms with Gasteiger partial charge in [0.05, 0.1) is 0 Å². The van der Waals surface area contributed by atoms with Gasteiger partial charge in [0, 0.05) is 13.1 Å². The molecule has 0 aromatic heterocycles. The summed E-state index contributed by atoms with van der Waals surface area (Å²) in [6.07, 6.45) is 6.33. The van der Waals surface area contributed by atoms with Crippen LogP contribution in [-0.4, -0.2) is 18.2 Å². The van der Waals surface area contributed by atoms with Crippen molar-refractivity contribution in [3.63, 3.8) is 0 Å². The van der Waals surface area contributed by atoms with Crippen LogP contribution in [0.3, 0.4) is 0 Å². The fourth-order valence-corrected chi connectivity index (χ4v) is 1.74. The number of hydrogen-bond donors (Lipinski definition) is 2. The van der Waals surface area contributed by atoms with Crippen LogP contribution in [0.2, 0.25) is 0 Å². The third-order valence-electron chi connectivity index (χ3n) is 2.72. The Balaban J connectivity index is 3.67. The van der Waals surface area contributed by atoms with Gasteiger partial charge in [0.1, 0.15) is 0 Å². The van der Waals surface area contributed by atoms with E-state index in [-0.39, 0.29) is 0 Å². The van der Waals surface area contributed by atoms with Crippen LogP contribution in [0.15, 0.2) is 0 Å². The Hall–Kier alpha value is -0.310. The van der Waals surface area contributed by atoms with Crippen molar-refractivity contribution in [3.05, 3.63) is 0 Å². The lowest BCUT2D eigenvalue weighted by atomic mass is 9.87. The Bertz CT molecular complexity index is 190. The number of rotatable bonds is 8. The van der Waals surface area contributed by atoms with Crippen molar-refractivity contribution >= 4 is 17.3 Å². The summed E-state index contributed by atoms with van der Waals surface area (Å²) in [6.45, 7) is 10.9. The second-order valence-corrected chi connectivity index (χ2v) is 5.64. The van der Waals surface area contributed by atoms with Gasteiger partial charge in [0.2, 0.25) is 0 Å². The second kappa shape index (κ2) is 8.80. The average Bonchev–Trinajstić information content (AvgIpc) is 2.24. The topological polar surface area (TPSA) is 24.1 Å². The normalized spacial score (nSPS) is 11.2. The number of unbranched alkanes of at least 4 members (excludes halogenated alkanes) is 2. The highest BCUT2D eigenvalue weighted by atomic mass is 32.1. The van der Waals surface area contributed by atoms with E-state index in [0.717, 1.165) is 24.6 Å². The molecule has 0 saturated heterocycles. The Labute approximate surface area is 107 Å². The molecule has 0 bridgehead atoms. The van der Waals surface area contributed by atoms with Crippen LogP contribution in [0.25, 0.3) is 0 Å². The minimum absolute atomic E-state index is 0.340. The molecule has 96 valence electrons. The molecule has 0 spiro atoms. The molecule has 0 fully saturated rings. The second-order valence-electron chi connectivity index (χ2n) is 5.23. The zero-order valence-electron chi connectivity index (χ0n) is 11.4. The highest BCUT2D eigenvalue weighted by Crippen LogP contribution is 2.22. The van der Waals surface area contributed by atoms with Gasteiger partial charge in [-0.2, -0.15) is 0 Å². The molecule has 0 aliphatic rings. The van der Waals surface area contributed by atoms with E-state index in [1.807, 2.05) is 0 Å². The standard InChI is InChI=1S/C13H28N2S/c1-5-7-8-9-13(3,4)11-15-12(16)14-10-6-2/h5-11H2,1-4H3,(H2,14,15,16). The molecule has 3 heteroatoms. The van der Waals surface area contributed by atoms with Crippen LogP contribution < -0.4 is 10.6 Å². The molecular weight excluding hydrogens is 216 g/mol. The summed E-state index contributed by atoms with van der Waals surface area (Å²) in [5, 5.41) is 7.29. The van der Waals surface area contributed by atoms with E-state index in [0.29, 0.717) is 5.41 Å². The summed E-state index contributed by atoms with van der Waals surface area (Å²) in [5.41, 5.74) is 0.340. The third-order valence-corrected chi connectivity index (χ3v) is 3.01. The first-order valence-electron chi connectivity index (χ1n) is 6.53. The smallest absolute Gasteiger partial charge is 0.166 e. The maximum Gasteiger partial charge on any atom is 0.166 e. The molecule has 0 rings (SSSR count). The van der Waals surface area contributed by atoms with Gasteiger partial charge >= 0.3 is 0 Å². The molecule has 0 heterocycles. The zero-order chi connectivity index (χ0) is 12.4. The summed E-state index contributed by atoms with van der Waals surface area (Å²) in [6, 6.07) is 0. The van der Waals surface area contributed by atoms with E-state index >= 15 is 0 Å². The van der Waals surface area contributed by atoms with Crippen LogP contribution in [0.5, 0.6) is 0 Å². The van der Waals surface area contributed by atoms with Crippen LogP contribution in [0, 0.1) is 5.41 Å². The molecule has 0 aromatic rings. The fraction of sp³-hybridized carbons (Fsp3) is 0.923. The number of hydrogen-bond acceptors (Lipinski definition) is 1. The van der Waals surface area contributed by atoms with E-state index in [2.05, 4.69) is 38.3 Å². The maximum atomic E-state index is 5.20. The van der Waals surface area contributed by atoms with E-state index < -0.39 is 0 Å². The molecule has 16 heavy (non-hydrogen) atoms. The minimum Gasteiger partial charge on any atom is -0.363 e. The summed E-state index contributed by atoms with van der Waals surface area (Å²) in [5.74, 6) is 0. The van der Waals surface area contributed by atoms with Crippen molar-refractivity contribution in [2.75, 3.05) is 13.1 Å². The molecule has 0 aliphatic heterocycles. The molecule has 2 N–H and O–H groups in total. The van der Waals surface area contributed by atoms with Gasteiger partial charge in [-0.3, -0.25) is 0 Å². The maximum absolute atomic E-state index is 5.20. The SMILES string of the molecule is CCCCCC(C)(C)CNC(=S)NCCC. The van der Waals surface area contributed by atoms with Crippen LogP contribution in [-0.2, 0) is 0 Å². The molecule has 0 aromatic carbocycles. The highest BCUT2D eigenvalue weighted by molar-refractivity contribution is 7.80. The van der Waals surface area contributed by atoms with Gasteiger partial charge in [-0.15, -0.1) is 0 Å². The van der Waals surface area contributed by atoms with E-state index in [1.54, 1.807) is 0 Å². The van der Waals surface area contributed by atoms with E-state index in [4.69, 9.17) is 12.2 Å². The van der Waals surface area contributed by atoms with Gasteiger partial charge in [-0.05, 0) is 30.5 Å². The quantitative estimate of drug-likeness (QED) is 0.505. The largest absolute Gasteiger partial charge is 0.363 e. The van der Waals surface area contributed by atoms with Crippen molar-refractivity contribution < 1.29 is 0 Å². The van der Waals surface area contributed by atoms with Crippen LogP contribution in [0.1, 0.15) is 59.8 Å². The van der Waals surface area contributed by atoms with Crippen molar-refractivity contribution in [2.45, 2.75) is 59.8 Å². The molecule has 2 nitrogen and oxygen atoms in total. The van der Waals surface area contributed by atoms with Gasteiger partial charge in [-0.25, -0.2) is 0 Å². The molecule has 0 atom stereocenters. The fourth-order valence-electron chi connectivity index (χ4n) is 1.56. The van der Waals surface area contributed by atoms with E-state index in [9.17, 15) is 0 Å². The Morgan fingerprint density at radius 1 is 1.06 bits per heavy atom. The zero-order valence-corrected chi connectivity index (χ0v) is 12.2. The lowest BCUT2D eigenvalue weighted by molar-refractivity contribution is 0.319. The summed E-state index contributed by atoms with van der Waals surface area (Å²) < 4.78 is 0. The van der Waals surface area contributed by atoms with Crippen LogP contribution >= 0.6 is 12.2 Å². The monoisotopic (exact) mass is 244 g/mol. The molecular formula is C13H28N2S. The Morgan fingerprint density at radius 3 is 2.31 bits per heavy atom. The van der Waals surface area contributed by atoms with Crippen LogP contribution in [0.4, 0.5) is 0 Å². The number of thiocarbonyl (C=S) groups is 1. The van der Waals surface area contributed by atoms with Crippen molar-refractivity contribution in [1.29, 1.82) is 0 Å². The predicted molar refractivity (Wildman–Crippen MR) is 76.8 cm³/mol. The Morgan fingerprint density at radius 2 is 1.75 bits per heavy atom. The Kier molecular flexibility index (Phi) is 8.63.